The van der Waals surface area contributed by atoms with Crippen LogP contribution in [0.3, 0.4) is 0 Å². The molecule has 2 heteroatoms. The van der Waals surface area contributed by atoms with E-state index in [9.17, 15) is 0 Å². The van der Waals surface area contributed by atoms with E-state index in [0.29, 0.717) is 6.42 Å². The summed E-state index contributed by atoms with van der Waals surface area (Å²) in [5.41, 5.74) is 2.38. The summed E-state index contributed by atoms with van der Waals surface area (Å²) in [6.07, 6.45) is 0.547. The lowest BCUT2D eigenvalue weighted by Gasteiger charge is -2.15. The Hall–Kier alpha value is -1.30. The summed E-state index contributed by atoms with van der Waals surface area (Å²) in [7, 11) is 0. The third-order valence-corrected chi connectivity index (χ3v) is 3.87. The van der Waals surface area contributed by atoms with Crippen molar-refractivity contribution in [3.8, 4) is 11.8 Å². The second-order valence-corrected chi connectivity index (χ2v) is 5.62. The van der Waals surface area contributed by atoms with Crippen molar-refractivity contribution in [2.24, 2.45) is 11.8 Å². The highest BCUT2D eigenvalue weighted by molar-refractivity contribution is 5.37. The molecule has 0 aliphatic carbocycles. The van der Waals surface area contributed by atoms with Gasteiger partial charge in [-0.3, -0.25) is 4.90 Å². The first-order chi connectivity index (χ1) is 9.19. The molecule has 0 saturated carbocycles. The maximum atomic E-state index is 8.73. The molecule has 0 amide bonds. The van der Waals surface area contributed by atoms with E-state index in [2.05, 4.69) is 48.8 Å². The van der Waals surface area contributed by atoms with Crippen LogP contribution in [0.2, 0.25) is 0 Å². The van der Waals surface area contributed by atoms with Crippen molar-refractivity contribution in [1.82, 2.24) is 4.90 Å². The van der Waals surface area contributed by atoms with E-state index in [1.807, 2.05) is 6.07 Å². The smallest absolute Gasteiger partial charge is 0.0540 e. The Kier molecular flexibility index (Phi) is 5.01. The maximum Gasteiger partial charge on any atom is 0.0540 e. The van der Waals surface area contributed by atoms with Gasteiger partial charge in [0.15, 0.2) is 0 Å². The van der Waals surface area contributed by atoms with E-state index in [4.69, 9.17) is 5.11 Å². The normalized spacial score (nSPS) is 23.1. The van der Waals surface area contributed by atoms with Crippen LogP contribution in [-0.4, -0.2) is 29.7 Å². The highest BCUT2D eigenvalue weighted by atomic mass is 16.2. The van der Waals surface area contributed by atoms with Crippen molar-refractivity contribution < 1.29 is 5.11 Å². The molecule has 2 nitrogen and oxygen atoms in total. The van der Waals surface area contributed by atoms with Crippen LogP contribution in [0.25, 0.3) is 0 Å². The van der Waals surface area contributed by atoms with Crippen LogP contribution in [0.15, 0.2) is 24.3 Å². The van der Waals surface area contributed by atoms with Gasteiger partial charge in [-0.05, 0) is 29.5 Å². The van der Waals surface area contributed by atoms with Gasteiger partial charge in [0.25, 0.3) is 0 Å². The molecule has 1 saturated heterocycles. The first-order valence-electron chi connectivity index (χ1n) is 7.10. The van der Waals surface area contributed by atoms with E-state index >= 15 is 0 Å². The Bertz CT molecular complexity index is 462. The molecule has 1 N–H and O–H groups in total. The Morgan fingerprint density at radius 3 is 2.68 bits per heavy atom. The lowest BCUT2D eigenvalue weighted by molar-refractivity contribution is 0.305. The highest BCUT2D eigenvalue weighted by Gasteiger charge is 2.25. The largest absolute Gasteiger partial charge is 0.395 e. The Morgan fingerprint density at radius 2 is 2.00 bits per heavy atom. The minimum Gasteiger partial charge on any atom is -0.395 e. The fourth-order valence-electron chi connectivity index (χ4n) is 2.60. The van der Waals surface area contributed by atoms with Crippen molar-refractivity contribution in [2.45, 2.75) is 26.8 Å². The van der Waals surface area contributed by atoms with Gasteiger partial charge in [-0.2, -0.15) is 0 Å². The number of aliphatic hydroxyl groups excluding tert-OH is 1. The highest BCUT2D eigenvalue weighted by Crippen LogP contribution is 2.23. The number of likely N-dealkylation sites (tertiary alicyclic amines) is 1. The summed E-state index contributed by atoms with van der Waals surface area (Å²) in [5, 5.41) is 8.73. The van der Waals surface area contributed by atoms with Crippen molar-refractivity contribution in [3.05, 3.63) is 35.4 Å². The van der Waals surface area contributed by atoms with Crippen molar-refractivity contribution >= 4 is 0 Å². The quantitative estimate of drug-likeness (QED) is 0.841. The number of nitrogens with zero attached hydrogens (tertiary/aromatic N) is 1. The molecule has 1 fully saturated rings. The predicted octanol–water partition coefficient (Wildman–Crippen LogP) is 2.51. The van der Waals surface area contributed by atoms with Crippen LogP contribution >= 0.6 is 0 Å². The molecule has 1 aromatic carbocycles. The Balaban J connectivity index is 1.98. The monoisotopic (exact) mass is 257 g/mol. The second-order valence-electron chi connectivity index (χ2n) is 5.62. The average molecular weight is 257 g/mol. The molecule has 2 unspecified atom stereocenters. The molecule has 2 atom stereocenters. The second kappa shape index (κ2) is 6.75. The summed E-state index contributed by atoms with van der Waals surface area (Å²) in [6.45, 7) is 8.21. The van der Waals surface area contributed by atoms with Crippen LogP contribution in [0.4, 0.5) is 0 Å². The van der Waals surface area contributed by atoms with E-state index < -0.39 is 0 Å². The predicted molar refractivity (Wildman–Crippen MR) is 78.6 cm³/mol. The van der Waals surface area contributed by atoms with Crippen LogP contribution in [0.1, 0.15) is 31.4 Å². The van der Waals surface area contributed by atoms with E-state index in [0.717, 1.165) is 23.9 Å². The van der Waals surface area contributed by atoms with Crippen LogP contribution in [0, 0.1) is 23.7 Å². The SMILES string of the molecule is CC1CN(Cc2cccc(C#CCCO)c2)CC1C. The number of rotatable bonds is 3. The molecule has 2 rings (SSSR count). The number of hydrogen-bond acceptors (Lipinski definition) is 2. The molecule has 0 bridgehead atoms. The van der Waals surface area contributed by atoms with Gasteiger partial charge in [-0.25, -0.2) is 0 Å². The lowest BCUT2D eigenvalue weighted by Crippen LogP contribution is -2.20. The molecule has 1 aliphatic rings. The van der Waals surface area contributed by atoms with E-state index in [-0.39, 0.29) is 6.61 Å². The summed E-state index contributed by atoms with van der Waals surface area (Å²) in [4.78, 5) is 2.52. The van der Waals surface area contributed by atoms with Gasteiger partial charge in [0, 0.05) is 31.6 Å². The van der Waals surface area contributed by atoms with Gasteiger partial charge in [-0.15, -0.1) is 0 Å². The summed E-state index contributed by atoms with van der Waals surface area (Å²) >= 11 is 0. The zero-order chi connectivity index (χ0) is 13.7. The van der Waals surface area contributed by atoms with Gasteiger partial charge in [0.05, 0.1) is 6.61 Å². The first kappa shape index (κ1) is 14.1. The topological polar surface area (TPSA) is 23.5 Å². The molecular weight excluding hydrogens is 234 g/mol. The first-order valence-corrected chi connectivity index (χ1v) is 7.10. The zero-order valence-electron chi connectivity index (χ0n) is 11.9. The third-order valence-electron chi connectivity index (χ3n) is 3.87. The van der Waals surface area contributed by atoms with Gasteiger partial charge >= 0.3 is 0 Å². The number of aliphatic hydroxyl groups is 1. The van der Waals surface area contributed by atoms with Crippen molar-refractivity contribution in [3.63, 3.8) is 0 Å². The van der Waals surface area contributed by atoms with Crippen molar-refractivity contribution in [2.75, 3.05) is 19.7 Å². The molecule has 1 aromatic rings. The summed E-state index contributed by atoms with van der Waals surface area (Å²) in [5.74, 6) is 7.67. The Labute approximate surface area is 116 Å². The number of benzene rings is 1. The minimum absolute atomic E-state index is 0.135. The van der Waals surface area contributed by atoms with Crippen molar-refractivity contribution in [1.29, 1.82) is 0 Å². The molecule has 1 aliphatic heterocycles. The van der Waals surface area contributed by atoms with Gasteiger partial charge in [0.1, 0.15) is 0 Å². The lowest BCUT2D eigenvalue weighted by atomic mass is 10.0. The number of hydrogen-bond donors (Lipinski definition) is 1. The van der Waals surface area contributed by atoms with Gasteiger partial charge < -0.3 is 5.11 Å². The standard InChI is InChI=1S/C17H23NO/c1-14-11-18(12-15(14)2)13-17-8-5-7-16(10-17)6-3-4-9-19/h5,7-8,10,14-15,19H,4,9,11-13H2,1-2H3. The Morgan fingerprint density at radius 1 is 1.26 bits per heavy atom. The summed E-state index contributed by atoms with van der Waals surface area (Å²) in [6, 6.07) is 8.44. The van der Waals surface area contributed by atoms with Crippen LogP contribution in [-0.2, 0) is 6.54 Å². The maximum absolute atomic E-state index is 8.73. The zero-order valence-corrected chi connectivity index (χ0v) is 11.9. The molecule has 0 spiro atoms. The fourth-order valence-corrected chi connectivity index (χ4v) is 2.60. The van der Waals surface area contributed by atoms with Gasteiger partial charge in [0.2, 0.25) is 0 Å². The summed E-state index contributed by atoms with van der Waals surface area (Å²) < 4.78 is 0. The fraction of sp³-hybridized carbons (Fsp3) is 0.529. The van der Waals surface area contributed by atoms with E-state index in [1.165, 1.54) is 18.7 Å². The average Bonchev–Trinajstić information content (AvgIpc) is 2.69. The molecule has 102 valence electrons. The van der Waals surface area contributed by atoms with Crippen LogP contribution < -0.4 is 0 Å². The molecular formula is C17H23NO. The molecule has 1 heterocycles. The van der Waals surface area contributed by atoms with Gasteiger partial charge in [-0.1, -0.05) is 37.8 Å². The molecule has 0 radical (unpaired) electrons. The minimum atomic E-state index is 0.135. The molecule has 19 heavy (non-hydrogen) atoms. The van der Waals surface area contributed by atoms with Crippen LogP contribution in [0.5, 0.6) is 0 Å². The molecule has 0 aromatic heterocycles. The van der Waals surface area contributed by atoms with E-state index in [1.54, 1.807) is 0 Å². The third kappa shape index (κ3) is 4.09.